The van der Waals surface area contributed by atoms with Crippen LogP contribution in [0.5, 0.6) is 5.75 Å². The Balaban J connectivity index is 1.44. The van der Waals surface area contributed by atoms with Crippen molar-refractivity contribution in [1.82, 2.24) is 14.4 Å². The Hall–Kier alpha value is -2.60. The molecule has 6 nitrogen and oxygen atoms in total. The zero-order valence-electron chi connectivity index (χ0n) is 18.2. The number of fused-ring (bicyclic) bond motifs is 4. The zero-order valence-corrected chi connectivity index (χ0v) is 18.2. The SMILES string of the molecule is COc1cccc(C[C@H]2[C@H]3C[C@H](CN(C(=O)CN4CCCC4)C3)c3cccc(=O)n32)c1. The van der Waals surface area contributed by atoms with E-state index in [1.54, 1.807) is 13.2 Å². The number of ether oxygens (including phenoxy) is 1. The number of amides is 1. The monoisotopic (exact) mass is 421 g/mol. The molecule has 5 rings (SSSR count). The highest BCUT2D eigenvalue weighted by Gasteiger charge is 2.41. The van der Waals surface area contributed by atoms with Gasteiger partial charge in [-0.05, 0) is 68.5 Å². The van der Waals surface area contributed by atoms with E-state index in [0.717, 1.165) is 56.0 Å². The number of aromatic nitrogens is 1. The average molecular weight is 422 g/mol. The van der Waals surface area contributed by atoms with Gasteiger partial charge in [-0.15, -0.1) is 0 Å². The molecule has 0 aliphatic carbocycles. The van der Waals surface area contributed by atoms with Crippen LogP contribution >= 0.6 is 0 Å². The minimum atomic E-state index is 0.0504. The largest absolute Gasteiger partial charge is 0.497 e. The summed E-state index contributed by atoms with van der Waals surface area (Å²) in [6.07, 6.45) is 4.18. The molecule has 2 aromatic rings. The van der Waals surface area contributed by atoms with Gasteiger partial charge in [-0.2, -0.15) is 0 Å². The fourth-order valence-corrected chi connectivity index (χ4v) is 5.78. The van der Waals surface area contributed by atoms with Crippen LogP contribution in [0.15, 0.2) is 47.3 Å². The molecule has 31 heavy (non-hydrogen) atoms. The molecule has 1 aromatic heterocycles. The summed E-state index contributed by atoms with van der Waals surface area (Å²) >= 11 is 0. The summed E-state index contributed by atoms with van der Waals surface area (Å²) < 4.78 is 7.42. The summed E-state index contributed by atoms with van der Waals surface area (Å²) in [5, 5.41) is 0. The fraction of sp³-hybridized carbons (Fsp3) is 0.520. The molecular weight excluding hydrogens is 390 g/mol. The van der Waals surface area contributed by atoms with Crippen LogP contribution in [-0.4, -0.2) is 60.1 Å². The Labute approximate surface area is 183 Å². The van der Waals surface area contributed by atoms with E-state index >= 15 is 0 Å². The molecule has 6 heteroatoms. The van der Waals surface area contributed by atoms with Crippen LogP contribution in [0.1, 0.15) is 42.5 Å². The lowest BCUT2D eigenvalue weighted by Gasteiger charge is -2.47. The molecule has 2 fully saturated rings. The summed E-state index contributed by atoms with van der Waals surface area (Å²) in [4.78, 5) is 30.4. The van der Waals surface area contributed by atoms with E-state index in [2.05, 4.69) is 28.0 Å². The molecule has 0 saturated carbocycles. The van der Waals surface area contributed by atoms with Crippen LogP contribution in [0, 0.1) is 5.92 Å². The van der Waals surface area contributed by atoms with E-state index in [4.69, 9.17) is 4.74 Å². The third-order valence-electron chi connectivity index (χ3n) is 7.29. The van der Waals surface area contributed by atoms with Gasteiger partial charge in [-0.1, -0.05) is 18.2 Å². The summed E-state index contributed by atoms with van der Waals surface area (Å²) in [6.45, 7) is 4.05. The number of methoxy groups -OCH3 is 1. The first-order chi connectivity index (χ1) is 15.1. The Bertz CT molecular complexity index is 1010. The molecule has 3 atom stereocenters. The smallest absolute Gasteiger partial charge is 0.251 e. The zero-order chi connectivity index (χ0) is 21.4. The van der Waals surface area contributed by atoms with E-state index < -0.39 is 0 Å². The minimum absolute atomic E-state index is 0.0504. The number of carbonyl (C=O) groups is 1. The van der Waals surface area contributed by atoms with E-state index in [1.165, 1.54) is 12.8 Å². The number of benzene rings is 1. The molecule has 2 saturated heterocycles. The Kier molecular flexibility index (Phi) is 5.57. The van der Waals surface area contributed by atoms with Crippen LogP contribution in [0.3, 0.4) is 0 Å². The Morgan fingerprint density at radius 2 is 1.90 bits per heavy atom. The van der Waals surface area contributed by atoms with Crippen molar-refractivity contribution < 1.29 is 9.53 Å². The van der Waals surface area contributed by atoms with Crippen molar-refractivity contribution in [1.29, 1.82) is 0 Å². The Morgan fingerprint density at radius 3 is 2.71 bits per heavy atom. The fourth-order valence-electron chi connectivity index (χ4n) is 5.78. The van der Waals surface area contributed by atoms with Gasteiger partial charge in [0.2, 0.25) is 5.91 Å². The quantitative estimate of drug-likeness (QED) is 0.745. The normalized spacial score (nSPS) is 25.3. The first-order valence-corrected chi connectivity index (χ1v) is 11.5. The molecule has 164 valence electrons. The molecule has 1 amide bonds. The standard InChI is InChI=1S/C25H31N3O3/c1-31-21-7-4-6-18(12-21)13-23-20-14-19(22-8-5-9-24(29)28(22)23)15-27(16-20)25(30)17-26-10-2-3-11-26/h4-9,12,19-20,23H,2-3,10-11,13-17H2,1H3/t19-,20+,23+/m1/s1. The van der Waals surface area contributed by atoms with Crippen molar-refractivity contribution >= 4 is 5.91 Å². The number of pyridine rings is 1. The number of hydrogen-bond donors (Lipinski definition) is 0. The third-order valence-corrected chi connectivity index (χ3v) is 7.29. The van der Waals surface area contributed by atoms with Gasteiger partial charge < -0.3 is 14.2 Å². The molecule has 2 bridgehead atoms. The summed E-state index contributed by atoms with van der Waals surface area (Å²) in [6, 6.07) is 13.8. The van der Waals surface area contributed by atoms with E-state index in [1.807, 2.05) is 22.8 Å². The molecular formula is C25H31N3O3. The lowest BCUT2D eigenvalue weighted by Crippen LogP contribution is -2.53. The van der Waals surface area contributed by atoms with Crippen molar-refractivity contribution in [2.24, 2.45) is 5.92 Å². The number of nitrogens with zero attached hydrogens (tertiary/aromatic N) is 3. The second kappa shape index (κ2) is 8.50. The van der Waals surface area contributed by atoms with Crippen LogP contribution in [0.25, 0.3) is 0 Å². The van der Waals surface area contributed by atoms with Gasteiger partial charge in [-0.25, -0.2) is 0 Å². The number of rotatable bonds is 5. The highest BCUT2D eigenvalue weighted by molar-refractivity contribution is 5.78. The molecule has 0 N–H and O–H groups in total. The highest BCUT2D eigenvalue weighted by Crippen LogP contribution is 2.42. The summed E-state index contributed by atoms with van der Waals surface area (Å²) in [5.74, 6) is 1.58. The van der Waals surface area contributed by atoms with Crippen molar-refractivity contribution in [3.63, 3.8) is 0 Å². The summed E-state index contributed by atoms with van der Waals surface area (Å²) in [7, 11) is 1.68. The Morgan fingerprint density at radius 1 is 1.10 bits per heavy atom. The third kappa shape index (κ3) is 4.01. The van der Waals surface area contributed by atoms with E-state index in [9.17, 15) is 9.59 Å². The van der Waals surface area contributed by atoms with Crippen molar-refractivity contribution in [3.05, 3.63) is 64.1 Å². The van der Waals surface area contributed by atoms with Gasteiger partial charge in [0.1, 0.15) is 5.75 Å². The maximum atomic E-state index is 13.1. The average Bonchev–Trinajstić information content (AvgIpc) is 3.30. The van der Waals surface area contributed by atoms with Crippen molar-refractivity contribution in [3.8, 4) is 5.75 Å². The number of carbonyl (C=O) groups excluding carboxylic acids is 1. The van der Waals surface area contributed by atoms with Gasteiger partial charge in [0.05, 0.1) is 13.7 Å². The van der Waals surface area contributed by atoms with E-state index in [-0.39, 0.29) is 29.3 Å². The molecule has 3 aliphatic heterocycles. The number of likely N-dealkylation sites (tertiary alicyclic amines) is 2. The topological polar surface area (TPSA) is 54.8 Å². The molecule has 4 heterocycles. The van der Waals surface area contributed by atoms with Crippen molar-refractivity contribution in [2.75, 3.05) is 39.8 Å². The second-order valence-electron chi connectivity index (χ2n) is 9.26. The number of piperidine rings is 1. The number of hydrogen-bond acceptors (Lipinski definition) is 4. The molecule has 0 radical (unpaired) electrons. The lowest BCUT2D eigenvalue weighted by atomic mass is 9.76. The molecule has 1 aromatic carbocycles. The maximum Gasteiger partial charge on any atom is 0.251 e. The first kappa shape index (κ1) is 20.3. The maximum absolute atomic E-state index is 13.1. The molecule has 0 unspecified atom stereocenters. The van der Waals surface area contributed by atoms with Crippen LogP contribution < -0.4 is 10.3 Å². The van der Waals surface area contributed by atoms with Gasteiger partial charge in [0.15, 0.2) is 0 Å². The van der Waals surface area contributed by atoms with Crippen molar-refractivity contribution in [2.45, 2.75) is 37.6 Å². The van der Waals surface area contributed by atoms with E-state index in [0.29, 0.717) is 6.54 Å². The highest BCUT2D eigenvalue weighted by atomic mass is 16.5. The van der Waals surface area contributed by atoms with Gasteiger partial charge in [0, 0.05) is 36.8 Å². The van der Waals surface area contributed by atoms with Gasteiger partial charge >= 0.3 is 0 Å². The second-order valence-corrected chi connectivity index (χ2v) is 9.26. The first-order valence-electron chi connectivity index (χ1n) is 11.5. The van der Waals surface area contributed by atoms with Gasteiger partial charge in [-0.3, -0.25) is 14.5 Å². The van der Waals surface area contributed by atoms with Gasteiger partial charge in [0.25, 0.3) is 5.56 Å². The van der Waals surface area contributed by atoms with Crippen LogP contribution in [0.2, 0.25) is 0 Å². The predicted octanol–water partition coefficient (Wildman–Crippen LogP) is 2.68. The predicted molar refractivity (Wildman–Crippen MR) is 120 cm³/mol. The summed E-state index contributed by atoms with van der Waals surface area (Å²) in [5.41, 5.74) is 2.30. The molecule has 3 aliphatic rings. The van der Waals surface area contributed by atoms with Crippen LogP contribution in [-0.2, 0) is 11.2 Å². The molecule has 0 spiro atoms. The lowest BCUT2D eigenvalue weighted by molar-refractivity contribution is -0.135. The van der Waals surface area contributed by atoms with Crippen LogP contribution in [0.4, 0.5) is 0 Å². The minimum Gasteiger partial charge on any atom is -0.497 e.